The van der Waals surface area contributed by atoms with Gasteiger partial charge in [-0.2, -0.15) is 0 Å². The molecular formula is C13H9O4P. The van der Waals surface area contributed by atoms with E-state index in [0.29, 0.717) is 11.1 Å². The van der Waals surface area contributed by atoms with Gasteiger partial charge in [0.05, 0.1) is 0 Å². The van der Waals surface area contributed by atoms with Gasteiger partial charge in [-0.1, -0.05) is 47.0 Å². The molecule has 5 heteroatoms. The van der Waals surface area contributed by atoms with Crippen molar-refractivity contribution in [3.05, 3.63) is 54.1 Å². The second-order valence-corrected chi connectivity index (χ2v) is 4.62. The SMILES string of the molecule is O=C(O)c1c(-c2ccccc2)cccc1[P+](=O)[O-]. The van der Waals surface area contributed by atoms with Crippen LogP contribution in [0.3, 0.4) is 0 Å². The van der Waals surface area contributed by atoms with E-state index >= 15 is 0 Å². The van der Waals surface area contributed by atoms with Crippen molar-refractivity contribution in [2.45, 2.75) is 0 Å². The lowest BCUT2D eigenvalue weighted by molar-refractivity contribution is -0.160. The third-order valence-electron chi connectivity index (χ3n) is 2.54. The van der Waals surface area contributed by atoms with Crippen LogP contribution in [0.4, 0.5) is 0 Å². The van der Waals surface area contributed by atoms with E-state index in [4.69, 9.17) is 0 Å². The number of carboxylic acid groups (broad SMARTS) is 1. The van der Waals surface area contributed by atoms with Gasteiger partial charge in [-0.3, -0.25) is 0 Å². The zero-order valence-corrected chi connectivity index (χ0v) is 10.1. The van der Waals surface area contributed by atoms with Crippen molar-refractivity contribution in [1.29, 1.82) is 0 Å². The summed E-state index contributed by atoms with van der Waals surface area (Å²) < 4.78 is 11.1. The molecule has 0 aromatic heterocycles. The number of rotatable bonds is 3. The van der Waals surface area contributed by atoms with Crippen LogP contribution in [-0.4, -0.2) is 11.1 Å². The molecule has 2 aromatic rings. The van der Waals surface area contributed by atoms with E-state index in [0.717, 1.165) is 0 Å². The van der Waals surface area contributed by atoms with E-state index in [1.165, 1.54) is 12.1 Å². The molecule has 90 valence electrons. The van der Waals surface area contributed by atoms with Crippen LogP contribution in [0.5, 0.6) is 0 Å². The molecule has 4 nitrogen and oxygen atoms in total. The highest BCUT2D eigenvalue weighted by atomic mass is 31.1. The lowest BCUT2D eigenvalue weighted by atomic mass is 10.00. The van der Waals surface area contributed by atoms with Crippen LogP contribution in [0.2, 0.25) is 0 Å². The van der Waals surface area contributed by atoms with Crippen molar-refractivity contribution >= 4 is 19.3 Å². The number of hydrogen-bond donors (Lipinski definition) is 1. The lowest BCUT2D eigenvalue weighted by Gasteiger charge is -2.06. The molecule has 18 heavy (non-hydrogen) atoms. The number of benzene rings is 2. The summed E-state index contributed by atoms with van der Waals surface area (Å²) in [5.41, 5.74) is 0.896. The summed E-state index contributed by atoms with van der Waals surface area (Å²) in [6, 6.07) is 13.3. The Kier molecular flexibility index (Phi) is 3.51. The predicted octanol–water partition coefficient (Wildman–Crippen LogP) is 1.78. The molecule has 0 aliphatic carbocycles. The Hall–Kier alpha value is -2.03. The van der Waals surface area contributed by atoms with Crippen LogP contribution >= 0.6 is 8.03 Å². The van der Waals surface area contributed by atoms with Gasteiger partial charge >= 0.3 is 14.0 Å². The Balaban J connectivity index is 2.72. The Labute approximate surface area is 104 Å². The highest BCUT2D eigenvalue weighted by Crippen LogP contribution is 2.25. The average molecular weight is 260 g/mol. The van der Waals surface area contributed by atoms with Gasteiger partial charge in [0.15, 0.2) is 0 Å². The van der Waals surface area contributed by atoms with E-state index in [1.54, 1.807) is 30.3 Å². The second-order valence-electron chi connectivity index (χ2n) is 3.63. The van der Waals surface area contributed by atoms with Gasteiger partial charge < -0.3 is 10.00 Å². The quantitative estimate of drug-likeness (QED) is 0.853. The molecule has 0 saturated carbocycles. The van der Waals surface area contributed by atoms with Gasteiger partial charge in [0, 0.05) is 5.56 Å². The molecule has 0 heterocycles. The van der Waals surface area contributed by atoms with Gasteiger partial charge in [-0.15, -0.1) is 0 Å². The average Bonchev–Trinajstić information content (AvgIpc) is 2.38. The standard InChI is InChI=1S/C13H9O4P/c14-13(15)12-10(9-5-2-1-3-6-9)7-4-8-11(12)18(16)17/h1-8H,(H,14,15). The molecule has 1 unspecified atom stereocenters. The molecule has 2 aromatic carbocycles. The number of carbonyl (C=O) groups is 1. The Bertz CT molecular complexity index is 608. The molecule has 0 saturated heterocycles. The number of aromatic carboxylic acids is 1. The molecule has 1 N–H and O–H groups in total. The maximum Gasteiger partial charge on any atom is 0.349 e. The zero-order valence-electron chi connectivity index (χ0n) is 9.24. The molecule has 0 aliphatic rings. The first kappa shape index (κ1) is 12.4. The molecule has 0 aliphatic heterocycles. The van der Waals surface area contributed by atoms with E-state index in [9.17, 15) is 19.4 Å². The molecule has 0 radical (unpaired) electrons. The highest BCUT2D eigenvalue weighted by Gasteiger charge is 2.23. The third kappa shape index (κ3) is 2.30. The van der Waals surface area contributed by atoms with E-state index in [2.05, 4.69) is 0 Å². The normalized spacial score (nSPS) is 11.1. The fraction of sp³-hybridized carbons (Fsp3) is 0. The predicted molar refractivity (Wildman–Crippen MR) is 66.1 cm³/mol. The molecule has 0 fully saturated rings. The van der Waals surface area contributed by atoms with Crippen LogP contribution in [-0.2, 0) is 4.57 Å². The minimum Gasteiger partial charge on any atom is -0.591 e. The fourth-order valence-corrected chi connectivity index (χ4v) is 2.38. The van der Waals surface area contributed by atoms with Gasteiger partial charge in [0.25, 0.3) is 0 Å². The second kappa shape index (κ2) is 5.08. The van der Waals surface area contributed by atoms with E-state index in [1.807, 2.05) is 6.07 Å². The summed E-state index contributed by atoms with van der Waals surface area (Å²) in [4.78, 5) is 22.3. The summed E-state index contributed by atoms with van der Waals surface area (Å²) in [5, 5.41) is 9.02. The van der Waals surface area contributed by atoms with Crippen LogP contribution in [0, 0.1) is 0 Å². The zero-order chi connectivity index (χ0) is 13.1. The molecule has 1 atom stereocenters. The highest BCUT2D eigenvalue weighted by molar-refractivity contribution is 7.46. The first-order valence-electron chi connectivity index (χ1n) is 5.17. The first-order chi connectivity index (χ1) is 8.61. The molecule has 0 spiro atoms. The first-order valence-corrected chi connectivity index (χ1v) is 6.35. The van der Waals surface area contributed by atoms with Crippen LogP contribution in [0.15, 0.2) is 48.5 Å². The van der Waals surface area contributed by atoms with Crippen LogP contribution in [0.1, 0.15) is 10.4 Å². The Morgan fingerprint density at radius 3 is 2.28 bits per heavy atom. The Morgan fingerprint density at radius 2 is 1.72 bits per heavy atom. The fourth-order valence-electron chi connectivity index (χ4n) is 1.78. The minimum atomic E-state index is -2.94. The van der Waals surface area contributed by atoms with Crippen molar-refractivity contribution in [3.63, 3.8) is 0 Å². The van der Waals surface area contributed by atoms with Crippen LogP contribution < -0.4 is 10.2 Å². The molecule has 2 rings (SSSR count). The number of carboxylic acids is 1. The van der Waals surface area contributed by atoms with E-state index in [-0.39, 0.29) is 10.9 Å². The Morgan fingerprint density at radius 1 is 1.06 bits per heavy atom. The summed E-state index contributed by atoms with van der Waals surface area (Å²) in [7, 11) is -2.94. The monoisotopic (exact) mass is 260 g/mol. The summed E-state index contributed by atoms with van der Waals surface area (Å²) in [6.45, 7) is 0. The van der Waals surface area contributed by atoms with Crippen LogP contribution in [0.25, 0.3) is 11.1 Å². The molecular weight excluding hydrogens is 251 g/mol. The molecule has 0 bridgehead atoms. The van der Waals surface area contributed by atoms with Gasteiger partial charge in [-0.25, -0.2) is 4.79 Å². The van der Waals surface area contributed by atoms with Gasteiger partial charge in [-0.05, 0) is 11.6 Å². The lowest BCUT2D eigenvalue weighted by Crippen LogP contribution is -2.16. The largest absolute Gasteiger partial charge is 0.591 e. The van der Waals surface area contributed by atoms with Crippen molar-refractivity contribution in [2.75, 3.05) is 0 Å². The summed E-state index contributed by atoms with van der Waals surface area (Å²) in [6.07, 6.45) is 0. The summed E-state index contributed by atoms with van der Waals surface area (Å²) >= 11 is 0. The topological polar surface area (TPSA) is 77.4 Å². The minimum absolute atomic E-state index is 0.168. The summed E-state index contributed by atoms with van der Waals surface area (Å²) in [5.74, 6) is -1.25. The van der Waals surface area contributed by atoms with Crippen molar-refractivity contribution in [1.82, 2.24) is 0 Å². The smallest absolute Gasteiger partial charge is 0.349 e. The van der Waals surface area contributed by atoms with Crippen molar-refractivity contribution in [3.8, 4) is 11.1 Å². The van der Waals surface area contributed by atoms with Gasteiger partial charge in [0.1, 0.15) is 5.56 Å². The number of hydrogen-bond acceptors (Lipinski definition) is 3. The van der Waals surface area contributed by atoms with Crippen molar-refractivity contribution in [2.24, 2.45) is 0 Å². The van der Waals surface area contributed by atoms with E-state index < -0.39 is 14.0 Å². The maximum atomic E-state index is 11.3. The molecule has 0 amide bonds. The maximum absolute atomic E-state index is 11.3. The third-order valence-corrected chi connectivity index (χ3v) is 3.30. The van der Waals surface area contributed by atoms with Crippen molar-refractivity contribution < 1.29 is 19.4 Å². The van der Waals surface area contributed by atoms with Gasteiger partial charge in [0.2, 0.25) is 5.30 Å².